The molecule has 2 aromatic rings. The first-order valence-corrected chi connectivity index (χ1v) is 7.99. The smallest absolute Gasteiger partial charge is 0.0928 e. The molecule has 1 heterocycles. The quantitative estimate of drug-likeness (QED) is 0.531. The van der Waals surface area contributed by atoms with Crippen LogP contribution in [-0.2, 0) is 0 Å². The summed E-state index contributed by atoms with van der Waals surface area (Å²) in [5.74, 6) is 0. The predicted molar refractivity (Wildman–Crippen MR) is 83.3 cm³/mol. The van der Waals surface area contributed by atoms with Crippen LogP contribution in [0.1, 0.15) is 26.9 Å². The molecule has 1 aromatic heterocycles. The summed E-state index contributed by atoms with van der Waals surface area (Å²) < 4.78 is 2.26. The molecule has 17 heavy (non-hydrogen) atoms. The lowest BCUT2D eigenvalue weighted by molar-refractivity contribution is 1.17. The van der Waals surface area contributed by atoms with Gasteiger partial charge in [-0.25, -0.2) is 0 Å². The first-order valence-electron chi connectivity index (χ1n) is 5.15. The number of hydrogen-bond donors (Lipinski definition) is 0. The maximum absolute atomic E-state index is 6.51. The Bertz CT molecular complexity index is 529. The number of rotatable bonds is 2. The van der Waals surface area contributed by atoms with Crippen LogP contribution in [-0.4, -0.2) is 0 Å². The third-order valence-electron chi connectivity index (χ3n) is 2.61. The lowest BCUT2D eigenvalue weighted by Crippen LogP contribution is -1.91. The van der Waals surface area contributed by atoms with Crippen LogP contribution >= 0.6 is 54.8 Å². The number of alkyl halides is 1. The Balaban J connectivity index is 2.36. The summed E-state index contributed by atoms with van der Waals surface area (Å²) in [6.45, 7) is 4.15. The molecule has 0 nitrogen and oxygen atoms in total. The van der Waals surface area contributed by atoms with Crippen molar-refractivity contribution in [2.75, 3.05) is 0 Å². The third kappa shape index (κ3) is 2.95. The molecule has 2 rings (SSSR count). The monoisotopic (exact) mass is 392 g/mol. The van der Waals surface area contributed by atoms with Crippen molar-refractivity contribution < 1.29 is 0 Å². The van der Waals surface area contributed by atoms with E-state index in [4.69, 9.17) is 11.6 Å². The van der Waals surface area contributed by atoms with Crippen molar-refractivity contribution in [3.05, 3.63) is 54.1 Å². The van der Waals surface area contributed by atoms with Crippen molar-refractivity contribution in [1.82, 2.24) is 0 Å². The van der Waals surface area contributed by atoms with Gasteiger partial charge in [0.25, 0.3) is 0 Å². The fourth-order valence-corrected chi connectivity index (χ4v) is 3.85. The molecule has 0 spiro atoms. The number of thiophene rings is 1. The van der Waals surface area contributed by atoms with Crippen LogP contribution in [0.3, 0.4) is 0 Å². The molecular formula is C13H11Br2ClS. The van der Waals surface area contributed by atoms with Crippen molar-refractivity contribution in [3.8, 4) is 0 Å². The molecule has 90 valence electrons. The van der Waals surface area contributed by atoms with E-state index in [9.17, 15) is 0 Å². The lowest BCUT2D eigenvalue weighted by atomic mass is 10.1. The molecule has 0 saturated carbocycles. The van der Waals surface area contributed by atoms with Gasteiger partial charge in [-0.15, -0.1) is 22.9 Å². The lowest BCUT2D eigenvalue weighted by Gasteiger charge is -2.09. The van der Waals surface area contributed by atoms with E-state index in [0.717, 1.165) is 13.8 Å². The van der Waals surface area contributed by atoms with Gasteiger partial charge in [0.15, 0.2) is 0 Å². The zero-order chi connectivity index (χ0) is 12.6. The zero-order valence-corrected chi connectivity index (χ0v) is 14.2. The van der Waals surface area contributed by atoms with Gasteiger partial charge >= 0.3 is 0 Å². The van der Waals surface area contributed by atoms with E-state index in [0.29, 0.717) is 0 Å². The van der Waals surface area contributed by atoms with E-state index >= 15 is 0 Å². The van der Waals surface area contributed by atoms with Crippen LogP contribution in [0, 0.1) is 13.8 Å². The molecule has 0 aliphatic carbocycles. The number of aryl methyl sites for hydroxylation is 2. The number of hydrogen-bond acceptors (Lipinski definition) is 1. The Morgan fingerprint density at radius 2 is 1.82 bits per heavy atom. The SMILES string of the molecule is Cc1ccc(C(Cl)c2cc(C)c(Br)s2)cc1Br. The van der Waals surface area contributed by atoms with Crippen LogP contribution in [0.5, 0.6) is 0 Å². The van der Waals surface area contributed by atoms with Crippen molar-refractivity contribution in [2.24, 2.45) is 0 Å². The third-order valence-corrected chi connectivity index (χ3v) is 6.29. The molecular weight excluding hydrogens is 383 g/mol. The fraction of sp³-hybridized carbons (Fsp3) is 0.231. The molecule has 1 atom stereocenters. The van der Waals surface area contributed by atoms with Crippen LogP contribution in [0.25, 0.3) is 0 Å². The molecule has 0 bridgehead atoms. The molecule has 0 aliphatic rings. The summed E-state index contributed by atoms with van der Waals surface area (Å²) in [6, 6.07) is 8.40. The summed E-state index contributed by atoms with van der Waals surface area (Å²) in [5.41, 5.74) is 3.58. The van der Waals surface area contributed by atoms with Gasteiger partial charge in [0.05, 0.1) is 9.16 Å². The van der Waals surface area contributed by atoms with Gasteiger partial charge in [-0.3, -0.25) is 0 Å². The summed E-state index contributed by atoms with van der Waals surface area (Å²) in [7, 11) is 0. The Labute approximate surface area is 127 Å². The minimum absolute atomic E-state index is 0.0816. The van der Waals surface area contributed by atoms with E-state index in [-0.39, 0.29) is 5.38 Å². The minimum atomic E-state index is -0.0816. The highest BCUT2D eigenvalue weighted by atomic mass is 79.9. The molecule has 0 radical (unpaired) electrons. The van der Waals surface area contributed by atoms with E-state index in [1.165, 1.54) is 16.0 Å². The molecule has 4 heteroatoms. The summed E-state index contributed by atoms with van der Waals surface area (Å²) in [5, 5.41) is -0.0816. The predicted octanol–water partition coefficient (Wildman–Crippen LogP) is 6.22. The maximum Gasteiger partial charge on any atom is 0.0928 e. The Kier molecular flexibility index (Phi) is 4.35. The normalized spacial score (nSPS) is 12.8. The number of benzene rings is 1. The highest BCUT2D eigenvalue weighted by Gasteiger charge is 2.15. The van der Waals surface area contributed by atoms with Gasteiger partial charge < -0.3 is 0 Å². The molecule has 0 N–H and O–H groups in total. The fourth-order valence-electron chi connectivity index (χ4n) is 1.54. The highest BCUT2D eigenvalue weighted by molar-refractivity contribution is 9.11. The molecule has 1 aromatic carbocycles. The number of halogens is 3. The average Bonchev–Trinajstić information content (AvgIpc) is 2.62. The Hall–Kier alpha value is 0.170. The molecule has 0 fully saturated rings. The van der Waals surface area contributed by atoms with E-state index in [1.807, 2.05) is 0 Å². The van der Waals surface area contributed by atoms with Gasteiger partial charge in [-0.2, -0.15) is 0 Å². The summed E-state index contributed by atoms with van der Waals surface area (Å²) >= 11 is 15.3. The van der Waals surface area contributed by atoms with Crippen LogP contribution in [0.15, 0.2) is 32.5 Å². The molecule has 0 aliphatic heterocycles. The van der Waals surface area contributed by atoms with Gasteiger partial charge in [0, 0.05) is 9.35 Å². The minimum Gasteiger partial charge on any atom is -0.131 e. The van der Waals surface area contributed by atoms with Crippen LogP contribution in [0.4, 0.5) is 0 Å². The average molecular weight is 395 g/mol. The maximum atomic E-state index is 6.51. The standard InChI is InChI=1S/C13H11Br2ClS/c1-7-3-4-9(6-10(7)14)12(16)11-5-8(2)13(15)17-11/h3-6,12H,1-2H3. The Morgan fingerprint density at radius 1 is 1.12 bits per heavy atom. The van der Waals surface area contributed by atoms with Crippen LogP contribution < -0.4 is 0 Å². The van der Waals surface area contributed by atoms with E-state index in [1.54, 1.807) is 11.3 Å². The molecule has 0 saturated heterocycles. The first kappa shape index (κ1) is 13.6. The van der Waals surface area contributed by atoms with Gasteiger partial charge in [0.1, 0.15) is 0 Å². The largest absolute Gasteiger partial charge is 0.131 e. The van der Waals surface area contributed by atoms with Crippen molar-refractivity contribution in [3.63, 3.8) is 0 Å². The van der Waals surface area contributed by atoms with Crippen molar-refractivity contribution in [1.29, 1.82) is 0 Å². The summed E-state index contributed by atoms with van der Waals surface area (Å²) in [6.07, 6.45) is 0. The van der Waals surface area contributed by atoms with Gasteiger partial charge in [0.2, 0.25) is 0 Å². The van der Waals surface area contributed by atoms with E-state index in [2.05, 4.69) is 70.0 Å². The highest BCUT2D eigenvalue weighted by Crippen LogP contribution is 2.38. The van der Waals surface area contributed by atoms with Gasteiger partial charge in [-0.05, 0) is 58.6 Å². The molecule has 0 amide bonds. The summed E-state index contributed by atoms with van der Waals surface area (Å²) in [4.78, 5) is 1.17. The van der Waals surface area contributed by atoms with Crippen molar-refractivity contribution in [2.45, 2.75) is 19.2 Å². The first-order chi connectivity index (χ1) is 7.99. The van der Waals surface area contributed by atoms with Crippen LogP contribution in [0.2, 0.25) is 0 Å². The van der Waals surface area contributed by atoms with Crippen molar-refractivity contribution >= 4 is 54.8 Å². The Morgan fingerprint density at radius 3 is 2.35 bits per heavy atom. The van der Waals surface area contributed by atoms with Gasteiger partial charge in [-0.1, -0.05) is 28.1 Å². The second-order valence-corrected chi connectivity index (χ2v) is 7.67. The zero-order valence-electron chi connectivity index (χ0n) is 9.43. The second-order valence-electron chi connectivity index (χ2n) is 3.98. The molecule has 1 unspecified atom stereocenters. The topological polar surface area (TPSA) is 0 Å². The van der Waals surface area contributed by atoms with E-state index < -0.39 is 0 Å². The second kappa shape index (κ2) is 5.43.